The van der Waals surface area contributed by atoms with Gasteiger partial charge in [-0.15, -0.1) is 0 Å². The summed E-state index contributed by atoms with van der Waals surface area (Å²) in [5.41, 5.74) is 4.89. The molecule has 0 bridgehead atoms. The Morgan fingerprint density at radius 2 is 1.86 bits per heavy atom. The zero-order chi connectivity index (χ0) is 10.8. The summed E-state index contributed by atoms with van der Waals surface area (Å²) in [7, 11) is -4.47. The van der Waals surface area contributed by atoms with Gasteiger partial charge in [-0.2, -0.15) is 9.97 Å². The number of nitrogens with two attached hydrogens (primary N) is 1. The van der Waals surface area contributed by atoms with Crippen molar-refractivity contribution in [3.05, 3.63) is 5.82 Å². The lowest BCUT2D eigenvalue weighted by Gasteiger charge is -2.08. The van der Waals surface area contributed by atoms with Crippen LogP contribution < -0.4 is 11.2 Å². The van der Waals surface area contributed by atoms with Crippen LogP contribution in [0.2, 0.25) is 0 Å². The molecule has 0 spiro atoms. The summed E-state index contributed by atoms with van der Waals surface area (Å²) in [5, 5.41) is 0. The van der Waals surface area contributed by atoms with Crippen molar-refractivity contribution in [3.8, 4) is 0 Å². The number of nitrogen functional groups attached to an aromatic ring is 1. The standard InChI is InChI=1S/C6H12N4O3Si/c1-2-3-4-8-5(7)10-6(9-4)14(11,12)13/h11-13H,2-3H2,1H3,(H2,7,8,9,10). The molecule has 1 aromatic heterocycles. The van der Waals surface area contributed by atoms with Crippen LogP contribution >= 0.6 is 0 Å². The first kappa shape index (κ1) is 11.0. The Kier molecular flexibility index (Phi) is 3.11. The molecule has 0 radical (unpaired) electrons. The molecule has 1 aromatic rings. The van der Waals surface area contributed by atoms with Gasteiger partial charge in [-0.05, 0) is 6.42 Å². The Bertz CT molecular complexity index is 327. The van der Waals surface area contributed by atoms with Gasteiger partial charge in [0, 0.05) is 6.42 Å². The molecule has 5 N–H and O–H groups in total. The highest BCUT2D eigenvalue weighted by molar-refractivity contribution is 6.69. The number of aryl methyl sites for hydroxylation is 1. The third-order valence-corrected chi connectivity index (χ3v) is 2.30. The van der Waals surface area contributed by atoms with Crippen molar-refractivity contribution < 1.29 is 14.4 Å². The van der Waals surface area contributed by atoms with Crippen LogP contribution in [-0.2, 0) is 6.42 Å². The topological polar surface area (TPSA) is 125 Å². The van der Waals surface area contributed by atoms with Crippen LogP contribution in [0.4, 0.5) is 5.95 Å². The quantitative estimate of drug-likeness (QED) is 0.412. The van der Waals surface area contributed by atoms with Gasteiger partial charge >= 0.3 is 8.80 Å². The summed E-state index contributed by atoms with van der Waals surface area (Å²) >= 11 is 0. The first-order chi connectivity index (χ1) is 6.43. The molecule has 0 saturated heterocycles. The molecular formula is C6H12N4O3Si. The monoisotopic (exact) mass is 216 g/mol. The molecule has 0 unspecified atom stereocenters. The lowest BCUT2D eigenvalue weighted by atomic mass is 10.3. The zero-order valence-corrected chi connectivity index (χ0v) is 8.67. The van der Waals surface area contributed by atoms with E-state index in [1.807, 2.05) is 6.92 Å². The van der Waals surface area contributed by atoms with Crippen LogP contribution in [0.3, 0.4) is 0 Å². The second kappa shape index (κ2) is 3.96. The molecule has 0 fully saturated rings. The van der Waals surface area contributed by atoms with E-state index in [2.05, 4.69) is 15.0 Å². The van der Waals surface area contributed by atoms with Crippen LogP contribution in [0.5, 0.6) is 0 Å². The minimum atomic E-state index is -4.47. The van der Waals surface area contributed by atoms with E-state index in [0.29, 0.717) is 12.2 Å². The van der Waals surface area contributed by atoms with Crippen molar-refractivity contribution in [2.75, 3.05) is 5.73 Å². The Morgan fingerprint density at radius 3 is 2.36 bits per heavy atom. The molecule has 0 amide bonds. The van der Waals surface area contributed by atoms with Gasteiger partial charge in [-0.25, -0.2) is 4.98 Å². The smallest absolute Gasteiger partial charge is 0.385 e. The molecule has 0 aromatic carbocycles. The molecule has 0 aliphatic rings. The normalized spacial score (nSPS) is 11.7. The molecule has 8 heteroatoms. The van der Waals surface area contributed by atoms with Gasteiger partial charge in [0.05, 0.1) is 0 Å². The van der Waals surface area contributed by atoms with Crippen molar-refractivity contribution in [2.24, 2.45) is 0 Å². The van der Waals surface area contributed by atoms with Gasteiger partial charge in [0.2, 0.25) is 11.4 Å². The molecule has 14 heavy (non-hydrogen) atoms. The number of nitrogens with zero attached hydrogens (tertiary/aromatic N) is 3. The van der Waals surface area contributed by atoms with Gasteiger partial charge in [-0.3, -0.25) is 0 Å². The highest BCUT2D eigenvalue weighted by Gasteiger charge is 2.35. The second-order valence-corrected chi connectivity index (χ2v) is 4.54. The predicted molar refractivity (Wildman–Crippen MR) is 50.3 cm³/mol. The van der Waals surface area contributed by atoms with Crippen LogP contribution in [-0.4, -0.2) is 38.1 Å². The highest BCUT2D eigenvalue weighted by atomic mass is 28.4. The fourth-order valence-electron chi connectivity index (χ4n) is 0.923. The van der Waals surface area contributed by atoms with Gasteiger partial charge in [-0.1, -0.05) is 6.92 Å². The van der Waals surface area contributed by atoms with Crippen LogP contribution in [0.1, 0.15) is 19.2 Å². The number of anilines is 1. The molecule has 7 nitrogen and oxygen atoms in total. The van der Waals surface area contributed by atoms with E-state index in [0.717, 1.165) is 6.42 Å². The summed E-state index contributed by atoms with van der Waals surface area (Å²) in [6, 6.07) is 0. The van der Waals surface area contributed by atoms with Crippen molar-refractivity contribution in [3.63, 3.8) is 0 Å². The van der Waals surface area contributed by atoms with Crippen molar-refractivity contribution in [2.45, 2.75) is 19.8 Å². The van der Waals surface area contributed by atoms with Crippen LogP contribution in [0.25, 0.3) is 0 Å². The van der Waals surface area contributed by atoms with E-state index < -0.39 is 14.3 Å². The second-order valence-electron chi connectivity index (χ2n) is 2.82. The summed E-state index contributed by atoms with van der Waals surface area (Å²) in [4.78, 5) is 37.8. The van der Waals surface area contributed by atoms with Gasteiger partial charge in [0.1, 0.15) is 5.82 Å². The first-order valence-corrected chi connectivity index (χ1v) is 5.95. The number of rotatable bonds is 3. The molecule has 0 atom stereocenters. The van der Waals surface area contributed by atoms with E-state index in [1.54, 1.807) is 0 Å². The van der Waals surface area contributed by atoms with Gasteiger partial charge in [0.25, 0.3) is 0 Å². The molecular weight excluding hydrogens is 204 g/mol. The summed E-state index contributed by atoms with van der Waals surface area (Å²) < 4.78 is 0. The van der Waals surface area contributed by atoms with Crippen molar-refractivity contribution in [1.29, 1.82) is 0 Å². The number of hydrogen-bond donors (Lipinski definition) is 4. The lowest BCUT2D eigenvalue weighted by Crippen LogP contribution is -2.53. The van der Waals surface area contributed by atoms with E-state index in [4.69, 9.17) is 20.1 Å². The van der Waals surface area contributed by atoms with Crippen LogP contribution in [0.15, 0.2) is 0 Å². The Morgan fingerprint density at radius 1 is 1.21 bits per heavy atom. The summed E-state index contributed by atoms with van der Waals surface area (Å²) in [6.07, 6.45) is 1.34. The highest BCUT2D eigenvalue weighted by Crippen LogP contribution is 1.96. The summed E-state index contributed by atoms with van der Waals surface area (Å²) in [6.45, 7) is 1.92. The molecule has 0 aliphatic carbocycles. The Balaban J connectivity index is 3.07. The Labute approximate surface area is 81.7 Å². The van der Waals surface area contributed by atoms with Crippen LogP contribution in [0, 0.1) is 0 Å². The average Bonchev–Trinajstić information content (AvgIpc) is 2.02. The van der Waals surface area contributed by atoms with Crippen molar-refractivity contribution >= 4 is 20.2 Å². The molecule has 0 aliphatic heterocycles. The fraction of sp³-hybridized carbons (Fsp3) is 0.500. The maximum absolute atomic E-state index is 8.95. The Hall–Kier alpha value is -1.09. The molecule has 0 saturated carbocycles. The SMILES string of the molecule is CCCc1nc(N)nc([Si](O)(O)O)n1. The lowest BCUT2D eigenvalue weighted by molar-refractivity contribution is 0.246. The fourth-order valence-corrected chi connectivity index (χ4v) is 1.47. The summed E-state index contributed by atoms with van der Waals surface area (Å²) in [5.74, 6) is 0.233. The van der Waals surface area contributed by atoms with E-state index in [-0.39, 0.29) is 5.95 Å². The minimum Gasteiger partial charge on any atom is -0.385 e. The number of aromatic nitrogens is 3. The maximum Gasteiger partial charge on any atom is 0.568 e. The van der Waals surface area contributed by atoms with E-state index >= 15 is 0 Å². The third-order valence-electron chi connectivity index (χ3n) is 1.47. The third kappa shape index (κ3) is 2.70. The minimum absolute atomic E-state index is 0.118. The predicted octanol–water partition coefficient (Wildman–Crippen LogP) is -2.47. The molecule has 1 rings (SSSR count). The average molecular weight is 216 g/mol. The largest absolute Gasteiger partial charge is 0.568 e. The molecule has 78 valence electrons. The molecule has 1 heterocycles. The first-order valence-electron chi connectivity index (χ1n) is 4.11. The van der Waals surface area contributed by atoms with Gasteiger partial charge in [0.15, 0.2) is 0 Å². The zero-order valence-electron chi connectivity index (χ0n) is 7.67. The van der Waals surface area contributed by atoms with E-state index in [9.17, 15) is 0 Å². The maximum atomic E-state index is 8.95. The van der Waals surface area contributed by atoms with Gasteiger partial charge < -0.3 is 20.1 Å². The number of hydrogen-bond acceptors (Lipinski definition) is 7. The van der Waals surface area contributed by atoms with E-state index in [1.165, 1.54) is 0 Å². The van der Waals surface area contributed by atoms with Crippen molar-refractivity contribution in [1.82, 2.24) is 15.0 Å².